The van der Waals surface area contributed by atoms with E-state index in [4.69, 9.17) is 11.0 Å². The van der Waals surface area contributed by atoms with Crippen LogP contribution in [0.15, 0.2) is 24.3 Å². The first-order valence-electron chi connectivity index (χ1n) is 10.5. The van der Waals surface area contributed by atoms with Gasteiger partial charge in [-0.1, -0.05) is 6.04 Å². The van der Waals surface area contributed by atoms with Crippen molar-refractivity contribution in [3.8, 4) is 0 Å². The highest BCUT2D eigenvalue weighted by molar-refractivity contribution is 5.84. The van der Waals surface area contributed by atoms with Gasteiger partial charge in [0.25, 0.3) is 0 Å². The Kier molecular flexibility index (Phi) is 2.01. The highest BCUT2D eigenvalue weighted by Crippen LogP contribution is 2.21. The molecule has 1 aromatic heterocycles. The molecule has 1 aromatic carbocycles. The summed E-state index contributed by atoms with van der Waals surface area (Å²) in [4.78, 5) is 15.7. The van der Waals surface area contributed by atoms with E-state index in [0.717, 1.165) is 0 Å². The van der Waals surface area contributed by atoms with Crippen molar-refractivity contribution in [2.24, 2.45) is 0 Å². The maximum absolute atomic E-state index is 11.5. The van der Waals surface area contributed by atoms with E-state index in [2.05, 4.69) is 15.0 Å². The first-order chi connectivity index (χ1) is 13.2. The summed E-state index contributed by atoms with van der Waals surface area (Å²) in [6, 6.07) is -3.10. The van der Waals surface area contributed by atoms with Crippen LogP contribution in [0.2, 0.25) is 0 Å². The van der Waals surface area contributed by atoms with Gasteiger partial charge in [-0.15, -0.1) is 0 Å². The van der Waals surface area contributed by atoms with Crippen LogP contribution in [0.25, 0.3) is 10.9 Å². The van der Waals surface area contributed by atoms with Crippen LogP contribution in [0.5, 0.6) is 0 Å². The molecule has 2 N–H and O–H groups in total. The number of aromatic amines is 1. The average molecular weight is 295 g/mol. The third-order valence-electron chi connectivity index (χ3n) is 3.04. The smallest absolute Gasteiger partial charge is 0.407 e. The molecule has 112 valence electrons. The lowest BCUT2D eigenvalue weighted by atomic mass is 10.0. The zero-order valence-electron chi connectivity index (χ0n) is 19.8. The molecule has 1 amide bonds. The maximum Gasteiger partial charge on any atom is 0.407 e. The molecule has 1 atom stereocenters. The zero-order valence-corrected chi connectivity index (χ0v) is 11.8. The fourth-order valence-electron chi connectivity index (χ4n) is 2.04. The van der Waals surface area contributed by atoms with Crippen molar-refractivity contribution < 1.29 is 20.5 Å². The van der Waals surface area contributed by atoms with Gasteiger partial charge in [-0.3, -0.25) is 0 Å². The number of aryl methyl sites for hydroxylation is 1. The molecule has 21 heavy (non-hydrogen) atoms. The van der Waals surface area contributed by atoms with E-state index in [1.54, 1.807) is 14.1 Å². The molecule has 1 fully saturated rings. The molecule has 0 unspecified atom stereocenters. The Labute approximate surface area is 135 Å². The first kappa shape index (κ1) is 7.31. The van der Waals surface area contributed by atoms with Gasteiger partial charge in [0, 0.05) is 26.3 Å². The molecule has 1 aliphatic rings. The van der Waals surface area contributed by atoms with Crippen molar-refractivity contribution in [1.29, 1.82) is 0 Å². The Balaban J connectivity index is 2.14. The Hall–Kier alpha value is -2.01. The number of hydrogen-bond donors (Lipinski definition) is 2. The molecule has 5 nitrogen and oxygen atoms in total. The zero-order chi connectivity index (χ0) is 21.9. The number of carbonyl (C=O) groups excluding carboxylic acids is 1. The molecule has 0 radical (unpaired) electrons. The van der Waals surface area contributed by atoms with Crippen molar-refractivity contribution >= 4 is 17.0 Å². The predicted molar refractivity (Wildman–Crippen MR) is 82.5 cm³/mol. The van der Waals surface area contributed by atoms with E-state index < -0.39 is 31.6 Å². The summed E-state index contributed by atoms with van der Waals surface area (Å²) in [6.07, 6.45) is -0.274. The fraction of sp³-hybridized carbons (Fsp3) is 0.438. The maximum atomic E-state index is 11.5. The second-order valence-corrected chi connectivity index (χ2v) is 4.92. The van der Waals surface area contributed by atoms with Crippen LogP contribution < -0.4 is 5.32 Å². The fourth-order valence-corrected chi connectivity index (χ4v) is 2.04. The third-order valence-corrected chi connectivity index (χ3v) is 3.04. The highest BCUT2D eigenvalue weighted by atomic mass is 16.6. The van der Waals surface area contributed by atoms with Gasteiger partial charge in [0.15, 0.2) is 0 Å². The summed E-state index contributed by atoms with van der Waals surface area (Å²) in [5, 5.41) is 2.32. The summed E-state index contributed by atoms with van der Waals surface area (Å²) in [6.45, 7) is -4.42. The van der Waals surface area contributed by atoms with Crippen LogP contribution >= 0.6 is 0 Å². The third kappa shape index (κ3) is 3.19. The SMILES string of the molecule is [2H]c1c(C[C@]2([2H])NC(=O)OC2([2H])[2H])c([2H])c2c(CC([2H])([2H])N(C)C)c[nH]c2c1[2H]. The largest absolute Gasteiger partial charge is 0.447 e. The van der Waals surface area contributed by atoms with Gasteiger partial charge in [-0.05, 0) is 50.1 Å². The number of amides is 1. The topological polar surface area (TPSA) is 57.4 Å². The Morgan fingerprint density at radius 3 is 3.19 bits per heavy atom. The molecular weight excluding hydrogens is 266 g/mol. The first-order valence-corrected chi connectivity index (χ1v) is 6.47. The number of ether oxygens (including phenoxy) is 1. The molecule has 2 heterocycles. The Bertz CT molecular complexity index is 990. The molecule has 0 spiro atoms. The Morgan fingerprint density at radius 1 is 1.62 bits per heavy atom. The molecule has 0 bridgehead atoms. The van der Waals surface area contributed by atoms with E-state index in [0.29, 0.717) is 5.56 Å². The summed E-state index contributed by atoms with van der Waals surface area (Å²) in [7, 11) is 3.16. The van der Waals surface area contributed by atoms with Gasteiger partial charge >= 0.3 is 6.09 Å². The van der Waals surface area contributed by atoms with Crippen molar-refractivity contribution in [3.05, 3.63) is 35.5 Å². The number of aromatic nitrogens is 1. The van der Waals surface area contributed by atoms with Crippen LogP contribution in [-0.4, -0.2) is 49.1 Å². The number of alkyl carbamates (subject to hydrolysis) is 1. The lowest BCUT2D eigenvalue weighted by Gasteiger charge is -2.09. The van der Waals surface area contributed by atoms with Crippen molar-refractivity contribution in [2.75, 3.05) is 27.2 Å². The molecule has 1 aliphatic heterocycles. The van der Waals surface area contributed by atoms with Crippen LogP contribution in [0.3, 0.4) is 0 Å². The molecule has 5 heteroatoms. The summed E-state index contributed by atoms with van der Waals surface area (Å²) in [5.74, 6) is 0. The van der Waals surface area contributed by atoms with E-state index >= 15 is 0 Å². The van der Waals surface area contributed by atoms with E-state index in [1.807, 2.05) is 0 Å². The van der Waals surface area contributed by atoms with Gasteiger partial charge in [-0.2, -0.15) is 0 Å². The second kappa shape index (κ2) is 5.77. The van der Waals surface area contributed by atoms with Gasteiger partial charge in [-0.25, -0.2) is 4.79 Å². The number of hydrogen-bond acceptors (Lipinski definition) is 3. The number of fused-ring (bicyclic) bond motifs is 1. The van der Waals surface area contributed by atoms with Crippen molar-refractivity contribution in [2.45, 2.75) is 18.9 Å². The lowest BCUT2D eigenvalue weighted by Crippen LogP contribution is -2.28. The number of benzene rings is 1. The van der Waals surface area contributed by atoms with E-state index in [1.165, 1.54) is 11.1 Å². The molecule has 0 aliphatic carbocycles. The average Bonchev–Trinajstić information content (AvgIpc) is 3.07. The molecule has 3 rings (SSSR count). The van der Waals surface area contributed by atoms with Crippen molar-refractivity contribution in [3.63, 3.8) is 0 Å². The number of nitrogens with zero attached hydrogens (tertiary/aromatic N) is 1. The number of nitrogens with one attached hydrogen (secondary N) is 2. The number of likely N-dealkylation sites (N-methyl/N-ethyl adjacent to an activating group) is 1. The standard InChI is InChI=1S/C16H21N3O2/c1-19(2)6-5-12-9-17-15-4-3-11(8-14(12)15)7-13-10-21-16(20)18-13/h3-4,8-9,13,17H,5-7,10H2,1-2H3,(H,18,20)/t13-/m0/s1/i3D,4D,6D2,8D,10D2,13D. The van der Waals surface area contributed by atoms with Crippen LogP contribution in [0.4, 0.5) is 4.79 Å². The van der Waals surface area contributed by atoms with Gasteiger partial charge in [0.05, 0.1) is 14.2 Å². The molecule has 2 aromatic rings. The number of rotatable bonds is 5. The van der Waals surface area contributed by atoms with E-state index in [-0.39, 0.29) is 41.0 Å². The van der Waals surface area contributed by atoms with Crippen LogP contribution in [0.1, 0.15) is 22.1 Å². The second-order valence-electron chi connectivity index (χ2n) is 4.92. The number of H-pyrrole nitrogens is 1. The normalized spacial score (nSPS) is 30.3. The molecule has 0 saturated carbocycles. The number of cyclic esters (lactones) is 1. The van der Waals surface area contributed by atoms with Gasteiger partial charge in [0.2, 0.25) is 0 Å². The minimum atomic E-state index is -2.69. The Morgan fingerprint density at radius 2 is 2.48 bits per heavy atom. The summed E-state index contributed by atoms with van der Waals surface area (Å²) >= 11 is 0. The molecule has 1 saturated heterocycles. The molecular formula is C16H21N3O2. The minimum Gasteiger partial charge on any atom is -0.447 e. The minimum absolute atomic E-state index is 0.0885. The van der Waals surface area contributed by atoms with Crippen LogP contribution in [0, 0.1) is 0 Å². The highest BCUT2D eigenvalue weighted by Gasteiger charge is 2.22. The number of carbonyl (C=O) groups is 1. The van der Waals surface area contributed by atoms with Gasteiger partial charge < -0.3 is 19.9 Å². The van der Waals surface area contributed by atoms with Crippen molar-refractivity contribution in [1.82, 2.24) is 15.2 Å². The van der Waals surface area contributed by atoms with Gasteiger partial charge in [0.1, 0.15) is 6.56 Å². The summed E-state index contributed by atoms with van der Waals surface area (Å²) < 4.78 is 69.7. The monoisotopic (exact) mass is 295 g/mol. The van der Waals surface area contributed by atoms with E-state index in [9.17, 15) is 4.79 Å². The quantitative estimate of drug-likeness (QED) is 0.886. The van der Waals surface area contributed by atoms with Crippen LogP contribution in [-0.2, 0) is 17.6 Å². The lowest BCUT2D eigenvalue weighted by molar-refractivity contribution is 0.177. The predicted octanol–water partition coefficient (Wildman–Crippen LogP) is 1.92. The summed E-state index contributed by atoms with van der Waals surface area (Å²) in [5.41, 5.74) is 0.521.